The molecule has 0 aliphatic carbocycles. The van der Waals surface area contributed by atoms with Crippen LogP contribution >= 0.6 is 11.3 Å². The van der Waals surface area contributed by atoms with E-state index in [0.29, 0.717) is 0 Å². The Morgan fingerprint density at radius 1 is 0.684 bits per heavy atom. The molecule has 0 N–H and O–H groups in total. The first-order chi connectivity index (χ1) is 18.3. The third-order valence-electron chi connectivity index (χ3n) is 6.90. The Morgan fingerprint density at radius 3 is 1.63 bits per heavy atom. The van der Waals surface area contributed by atoms with Crippen LogP contribution in [0.15, 0.2) is 78.9 Å². The number of ether oxygens (including phenoxy) is 2. The maximum absolute atomic E-state index is 5.40. The van der Waals surface area contributed by atoms with Crippen molar-refractivity contribution in [3.05, 3.63) is 84.4 Å². The average molecular weight is 634 g/mol. The van der Waals surface area contributed by atoms with Crippen LogP contribution in [0.1, 0.15) is 38.2 Å². The van der Waals surface area contributed by atoms with E-state index in [9.17, 15) is 0 Å². The third-order valence-corrected chi connectivity index (χ3v) is 17.5. The minimum atomic E-state index is -2.16. The van der Waals surface area contributed by atoms with Crippen molar-refractivity contribution in [2.24, 2.45) is 0 Å². The molecule has 0 fully saturated rings. The first kappa shape index (κ1) is 28.6. The van der Waals surface area contributed by atoms with Gasteiger partial charge in [-0.15, -0.1) is 0 Å². The molecule has 1 heterocycles. The molecular weight excluding hydrogens is 593 g/mol. The van der Waals surface area contributed by atoms with Gasteiger partial charge in [-0.05, 0) is 0 Å². The van der Waals surface area contributed by atoms with E-state index in [1.54, 1.807) is 22.7 Å². The first-order valence-corrected chi connectivity index (χ1v) is 24.5. The second-order valence-corrected chi connectivity index (χ2v) is 27.3. The van der Waals surface area contributed by atoms with Gasteiger partial charge in [0.1, 0.15) is 0 Å². The van der Waals surface area contributed by atoms with Crippen molar-refractivity contribution in [3.63, 3.8) is 0 Å². The number of hydrogen-bond donors (Lipinski definition) is 0. The second-order valence-electron chi connectivity index (χ2n) is 10.8. The van der Waals surface area contributed by atoms with Crippen LogP contribution in [0.25, 0.3) is 10.4 Å². The number of unbranched alkanes of at least 4 members (excludes halogenated alkanes) is 3. The van der Waals surface area contributed by atoms with E-state index in [1.165, 1.54) is 42.5 Å². The summed E-state index contributed by atoms with van der Waals surface area (Å²) in [6.07, 6.45) is 6.38. The Kier molecular flexibility index (Phi) is 9.83. The molecule has 0 saturated heterocycles. The Hall–Kier alpha value is -2.44. The molecule has 1 aromatic heterocycles. The van der Waals surface area contributed by atoms with Crippen LogP contribution in [-0.2, 0) is 6.42 Å². The van der Waals surface area contributed by atoms with Crippen molar-refractivity contribution in [2.45, 2.75) is 53.8 Å². The Bertz CT molecular complexity index is 1240. The monoisotopic (exact) mass is 635 g/mol. The van der Waals surface area contributed by atoms with Crippen molar-refractivity contribution >= 4 is 49.7 Å². The third kappa shape index (κ3) is 6.95. The van der Waals surface area contributed by atoms with Gasteiger partial charge in [0.25, 0.3) is 0 Å². The quantitative estimate of drug-likeness (QED) is 0.115. The zero-order valence-electron chi connectivity index (χ0n) is 23.7. The number of rotatable bonds is 12. The molecule has 0 amide bonds. The normalized spacial score (nSPS) is 11.4. The molecular formula is C33H41NO2SSn. The van der Waals surface area contributed by atoms with Crippen LogP contribution < -0.4 is 17.3 Å². The summed E-state index contributed by atoms with van der Waals surface area (Å²) in [6, 6.07) is 28.1. The Labute approximate surface area is 237 Å². The van der Waals surface area contributed by atoms with E-state index in [2.05, 4.69) is 92.6 Å². The fourth-order valence-corrected chi connectivity index (χ4v) is 11.1. The van der Waals surface area contributed by atoms with Gasteiger partial charge in [0, 0.05) is 0 Å². The van der Waals surface area contributed by atoms with Crippen molar-refractivity contribution in [3.8, 4) is 21.9 Å². The van der Waals surface area contributed by atoms with Gasteiger partial charge >= 0.3 is 215 Å². The Balaban J connectivity index is 1.70. The van der Waals surface area contributed by atoms with E-state index in [-0.39, 0.29) is 0 Å². The predicted octanol–water partition coefficient (Wildman–Crippen LogP) is 9.57. The van der Waals surface area contributed by atoms with Gasteiger partial charge in [-0.3, -0.25) is 0 Å². The van der Waals surface area contributed by atoms with E-state index < -0.39 is 18.4 Å². The first-order valence-electron chi connectivity index (χ1n) is 13.7. The molecule has 4 aromatic rings. The SMILES string of the molecule is CCCCCCc1c[c]([Sn]([CH3])([CH3])[CH3])sc1-c1ccc(N(c2ccc(OC)cc2)c2ccc(OC)cc2)cc1. The number of hydrogen-bond acceptors (Lipinski definition) is 4. The summed E-state index contributed by atoms with van der Waals surface area (Å²) in [4.78, 5) is 11.3. The number of thiophene rings is 1. The zero-order valence-corrected chi connectivity index (χ0v) is 27.4. The maximum atomic E-state index is 5.40. The summed E-state index contributed by atoms with van der Waals surface area (Å²) in [7, 11) is 3.40. The summed E-state index contributed by atoms with van der Waals surface area (Å²) in [6.45, 7) is 2.28. The van der Waals surface area contributed by atoms with Crippen molar-refractivity contribution in [1.82, 2.24) is 0 Å². The van der Waals surface area contributed by atoms with Gasteiger partial charge in [-0.2, -0.15) is 0 Å². The van der Waals surface area contributed by atoms with Crippen molar-refractivity contribution < 1.29 is 9.47 Å². The molecule has 0 saturated carbocycles. The van der Waals surface area contributed by atoms with Crippen molar-refractivity contribution in [2.75, 3.05) is 19.1 Å². The molecule has 0 unspecified atom stereocenters. The molecule has 0 atom stereocenters. The molecule has 4 rings (SSSR count). The van der Waals surface area contributed by atoms with Crippen LogP contribution in [0, 0.1) is 0 Å². The number of benzene rings is 3. The Morgan fingerprint density at radius 2 is 1.18 bits per heavy atom. The van der Waals surface area contributed by atoms with Crippen LogP contribution in [0.3, 0.4) is 0 Å². The van der Waals surface area contributed by atoms with Gasteiger partial charge in [0.05, 0.1) is 14.2 Å². The summed E-state index contributed by atoms with van der Waals surface area (Å²) < 4.78 is 12.5. The molecule has 0 bridgehead atoms. The summed E-state index contributed by atoms with van der Waals surface area (Å²) in [5.41, 5.74) is 6.17. The number of aryl methyl sites for hydroxylation is 1. The summed E-state index contributed by atoms with van der Waals surface area (Å²) >= 11 is -0.106. The molecule has 0 aliphatic rings. The van der Waals surface area contributed by atoms with E-state index in [4.69, 9.17) is 9.47 Å². The molecule has 3 nitrogen and oxygen atoms in total. The summed E-state index contributed by atoms with van der Waals surface area (Å²) in [5, 5.41) is 0. The molecule has 200 valence electrons. The number of methoxy groups -OCH3 is 2. The molecule has 0 aliphatic heterocycles. The van der Waals surface area contributed by atoms with Gasteiger partial charge in [-0.1, -0.05) is 0 Å². The van der Waals surface area contributed by atoms with E-state index in [1.807, 2.05) is 24.3 Å². The topological polar surface area (TPSA) is 21.7 Å². The van der Waals surface area contributed by atoms with E-state index in [0.717, 1.165) is 28.6 Å². The van der Waals surface area contributed by atoms with Gasteiger partial charge in [-0.25, -0.2) is 0 Å². The predicted molar refractivity (Wildman–Crippen MR) is 168 cm³/mol. The van der Waals surface area contributed by atoms with Gasteiger partial charge in [0.15, 0.2) is 0 Å². The number of nitrogens with zero attached hydrogens (tertiary/aromatic N) is 1. The fraction of sp³-hybridized carbons (Fsp3) is 0.333. The minimum absolute atomic E-state index is 0.850. The van der Waals surface area contributed by atoms with Gasteiger partial charge in [0.2, 0.25) is 0 Å². The molecule has 0 spiro atoms. The molecule has 5 heteroatoms. The van der Waals surface area contributed by atoms with Crippen LogP contribution in [0.2, 0.25) is 14.8 Å². The standard InChI is InChI=1S/C30H32NO2S.3CH3.Sn/c1-4-5-6-7-8-23-21-22-34-30(23)24-9-11-25(12-10-24)31(26-13-17-28(32-2)18-14-26)27-15-19-29(33-3)20-16-27;;;;/h9-21H,4-8H2,1-3H3;3*1H3;. The summed E-state index contributed by atoms with van der Waals surface area (Å²) in [5.74, 6) is 1.70. The van der Waals surface area contributed by atoms with Crippen LogP contribution in [0.4, 0.5) is 17.1 Å². The zero-order chi connectivity index (χ0) is 27.1. The van der Waals surface area contributed by atoms with Crippen LogP contribution in [0.5, 0.6) is 11.5 Å². The fourth-order valence-electron chi connectivity index (χ4n) is 4.64. The van der Waals surface area contributed by atoms with Gasteiger partial charge < -0.3 is 9.47 Å². The second kappa shape index (κ2) is 13.1. The van der Waals surface area contributed by atoms with Crippen molar-refractivity contribution in [1.29, 1.82) is 0 Å². The average Bonchev–Trinajstić information content (AvgIpc) is 3.37. The molecule has 38 heavy (non-hydrogen) atoms. The molecule has 3 aromatic carbocycles. The number of anilines is 3. The molecule has 0 radical (unpaired) electrons. The van der Waals surface area contributed by atoms with E-state index >= 15 is 0 Å². The van der Waals surface area contributed by atoms with Crippen LogP contribution in [-0.4, -0.2) is 32.6 Å².